The van der Waals surface area contributed by atoms with E-state index in [1.165, 1.54) is 16.9 Å². The third-order valence-corrected chi connectivity index (χ3v) is 5.44. The van der Waals surface area contributed by atoms with Gasteiger partial charge in [0.2, 0.25) is 0 Å². The van der Waals surface area contributed by atoms with Crippen LogP contribution in [-0.4, -0.2) is 47.2 Å². The highest BCUT2D eigenvalue weighted by Crippen LogP contribution is 2.36. The van der Waals surface area contributed by atoms with Gasteiger partial charge in [-0.25, -0.2) is 0 Å². The largest absolute Gasteiger partial charge is 0.391 e. The number of piperidine rings is 1. The Kier molecular flexibility index (Phi) is 3.95. The zero-order chi connectivity index (χ0) is 14.2. The third kappa shape index (κ3) is 2.96. The lowest BCUT2D eigenvalue weighted by Crippen LogP contribution is -2.43. The molecule has 1 atom stereocenters. The van der Waals surface area contributed by atoms with Crippen LogP contribution >= 0.6 is 11.3 Å². The Balaban J connectivity index is 1.54. The summed E-state index contributed by atoms with van der Waals surface area (Å²) in [6.07, 6.45) is 2.49. The van der Waals surface area contributed by atoms with Crippen LogP contribution in [0.25, 0.3) is 0 Å². The molecule has 1 N–H and O–H groups in total. The Morgan fingerprint density at radius 3 is 2.85 bits per heavy atom. The first-order valence-corrected chi connectivity index (χ1v) is 8.07. The molecule has 0 aliphatic carbocycles. The first-order chi connectivity index (χ1) is 9.56. The highest BCUT2D eigenvalue weighted by molar-refractivity contribution is 7.12. The summed E-state index contributed by atoms with van der Waals surface area (Å²) in [7, 11) is 0. The lowest BCUT2D eigenvalue weighted by Gasteiger charge is -2.38. The first-order valence-electron chi connectivity index (χ1n) is 7.19. The summed E-state index contributed by atoms with van der Waals surface area (Å²) >= 11 is 1.53. The van der Waals surface area contributed by atoms with Crippen LogP contribution in [0.5, 0.6) is 0 Å². The molecular weight excluding hydrogens is 274 g/mol. The van der Waals surface area contributed by atoms with Crippen LogP contribution in [0.2, 0.25) is 0 Å². The molecule has 110 valence electrons. The zero-order valence-corrected chi connectivity index (χ0v) is 12.6. The van der Waals surface area contributed by atoms with Crippen molar-refractivity contribution in [3.05, 3.63) is 21.9 Å². The van der Waals surface area contributed by atoms with Crippen molar-refractivity contribution >= 4 is 17.1 Å². The van der Waals surface area contributed by atoms with Gasteiger partial charge in [0.1, 0.15) is 0 Å². The molecular formula is C15H21NO3S. The first kappa shape index (κ1) is 14.2. The second kappa shape index (κ2) is 5.56. The number of Topliss-reactive ketones (excluding diaryl/α,β-unsaturated/α-hetero) is 1. The third-order valence-electron chi connectivity index (χ3n) is 4.36. The van der Waals surface area contributed by atoms with Crippen LogP contribution in [0, 0.1) is 0 Å². The number of ether oxygens (including phenoxy) is 1. The molecule has 2 saturated heterocycles. The molecule has 2 aliphatic heterocycles. The summed E-state index contributed by atoms with van der Waals surface area (Å²) in [5.74, 6) is 0.146. The summed E-state index contributed by atoms with van der Waals surface area (Å²) in [5, 5.41) is 11.7. The molecule has 0 radical (unpaired) electrons. The molecule has 0 bridgehead atoms. The van der Waals surface area contributed by atoms with Gasteiger partial charge in [0.05, 0.1) is 23.2 Å². The summed E-state index contributed by atoms with van der Waals surface area (Å²) < 4.78 is 5.81. The second-order valence-electron chi connectivity index (χ2n) is 6.00. The summed E-state index contributed by atoms with van der Waals surface area (Å²) in [6, 6.07) is 2.01. The molecule has 0 amide bonds. The van der Waals surface area contributed by atoms with E-state index in [9.17, 15) is 9.90 Å². The number of aliphatic hydroxyl groups excluding tert-OH is 1. The minimum absolute atomic E-state index is 0.0743. The molecule has 1 spiro atoms. The maximum absolute atomic E-state index is 11.3. The van der Waals surface area contributed by atoms with Crippen molar-refractivity contribution in [3.63, 3.8) is 0 Å². The van der Waals surface area contributed by atoms with Gasteiger partial charge in [-0.2, -0.15) is 0 Å². The highest BCUT2D eigenvalue weighted by atomic mass is 32.1. The van der Waals surface area contributed by atoms with Crippen molar-refractivity contribution in [2.45, 2.75) is 44.4 Å². The number of carbonyl (C=O) groups is 1. The maximum Gasteiger partial charge on any atom is 0.169 e. The van der Waals surface area contributed by atoms with Gasteiger partial charge in [0.25, 0.3) is 0 Å². The molecule has 4 nitrogen and oxygen atoms in total. The lowest BCUT2D eigenvalue weighted by molar-refractivity contribution is -0.0456. The number of nitrogens with zero attached hydrogens (tertiary/aromatic N) is 1. The minimum atomic E-state index is -0.281. The molecule has 1 aromatic heterocycles. The van der Waals surface area contributed by atoms with Gasteiger partial charge >= 0.3 is 0 Å². The van der Waals surface area contributed by atoms with Gasteiger partial charge in [-0.15, -0.1) is 11.3 Å². The van der Waals surface area contributed by atoms with Gasteiger partial charge in [-0.1, -0.05) is 0 Å². The zero-order valence-electron chi connectivity index (χ0n) is 11.8. The minimum Gasteiger partial charge on any atom is -0.391 e. The average molecular weight is 295 g/mol. The molecule has 5 heteroatoms. The average Bonchev–Trinajstić information content (AvgIpc) is 3.01. The van der Waals surface area contributed by atoms with Gasteiger partial charge in [-0.05, 0) is 36.8 Å². The maximum atomic E-state index is 11.3. The molecule has 0 aromatic carbocycles. The summed E-state index contributed by atoms with van der Waals surface area (Å²) in [5.41, 5.74) is 1.15. The van der Waals surface area contributed by atoms with E-state index in [0.717, 1.165) is 43.8 Å². The molecule has 1 aromatic rings. The van der Waals surface area contributed by atoms with Crippen molar-refractivity contribution < 1.29 is 14.6 Å². The van der Waals surface area contributed by atoms with Crippen LogP contribution in [0.3, 0.4) is 0 Å². The van der Waals surface area contributed by atoms with Gasteiger partial charge in [-0.3, -0.25) is 9.69 Å². The van der Waals surface area contributed by atoms with Crippen LogP contribution in [0.15, 0.2) is 11.4 Å². The quantitative estimate of drug-likeness (QED) is 0.867. The van der Waals surface area contributed by atoms with Crippen molar-refractivity contribution in [1.29, 1.82) is 0 Å². The number of thiophene rings is 1. The molecule has 20 heavy (non-hydrogen) atoms. The number of hydrogen-bond acceptors (Lipinski definition) is 5. The van der Waals surface area contributed by atoms with E-state index < -0.39 is 0 Å². The molecule has 3 heterocycles. The Hall–Kier alpha value is -0.750. The molecule has 2 fully saturated rings. The van der Waals surface area contributed by atoms with Gasteiger partial charge < -0.3 is 9.84 Å². The van der Waals surface area contributed by atoms with Gasteiger partial charge in [0, 0.05) is 26.1 Å². The monoisotopic (exact) mass is 295 g/mol. The SMILES string of the molecule is CC(=O)c1cc(CN2CCC3(CC2)CC(O)CO3)cs1. The van der Waals surface area contributed by atoms with Crippen LogP contribution in [0.1, 0.15) is 41.4 Å². The van der Waals surface area contributed by atoms with Crippen LogP contribution in [-0.2, 0) is 11.3 Å². The predicted octanol–water partition coefficient (Wildman–Crippen LogP) is 2.07. The van der Waals surface area contributed by atoms with E-state index in [1.807, 2.05) is 6.07 Å². The number of likely N-dealkylation sites (tertiary alicyclic amines) is 1. The fourth-order valence-corrected chi connectivity index (χ4v) is 3.99. The fraction of sp³-hybridized carbons (Fsp3) is 0.667. The number of rotatable bonds is 3. The smallest absolute Gasteiger partial charge is 0.169 e. The van der Waals surface area contributed by atoms with E-state index in [2.05, 4.69) is 10.3 Å². The van der Waals surface area contributed by atoms with E-state index >= 15 is 0 Å². The Labute approximate surface area is 123 Å². The van der Waals surface area contributed by atoms with Gasteiger partial charge in [0.15, 0.2) is 5.78 Å². The second-order valence-corrected chi connectivity index (χ2v) is 6.91. The summed E-state index contributed by atoms with van der Waals surface area (Å²) in [6.45, 7) is 5.01. The lowest BCUT2D eigenvalue weighted by atomic mass is 9.88. The normalized spacial score (nSPS) is 26.2. The number of carbonyl (C=O) groups excluding carboxylic acids is 1. The van der Waals surface area contributed by atoms with E-state index in [1.54, 1.807) is 6.92 Å². The molecule has 3 rings (SSSR count). The van der Waals surface area contributed by atoms with Crippen molar-refractivity contribution in [3.8, 4) is 0 Å². The molecule has 1 unspecified atom stereocenters. The van der Waals surface area contributed by atoms with Crippen molar-refractivity contribution in [2.24, 2.45) is 0 Å². The fourth-order valence-electron chi connectivity index (χ4n) is 3.19. The molecule has 0 saturated carbocycles. The van der Waals surface area contributed by atoms with E-state index in [4.69, 9.17) is 4.74 Å². The van der Waals surface area contributed by atoms with Crippen molar-refractivity contribution in [1.82, 2.24) is 4.90 Å². The van der Waals surface area contributed by atoms with Crippen LogP contribution < -0.4 is 0 Å². The molecule has 2 aliphatic rings. The Bertz CT molecular complexity index is 491. The topological polar surface area (TPSA) is 49.8 Å². The predicted molar refractivity (Wildman–Crippen MR) is 78.1 cm³/mol. The van der Waals surface area contributed by atoms with E-state index in [0.29, 0.717) is 6.61 Å². The van der Waals surface area contributed by atoms with Crippen molar-refractivity contribution in [2.75, 3.05) is 19.7 Å². The van der Waals surface area contributed by atoms with E-state index in [-0.39, 0.29) is 17.5 Å². The number of hydrogen-bond donors (Lipinski definition) is 1. The summed E-state index contributed by atoms with van der Waals surface area (Å²) in [4.78, 5) is 14.6. The van der Waals surface area contributed by atoms with Crippen LogP contribution in [0.4, 0.5) is 0 Å². The highest BCUT2D eigenvalue weighted by Gasteiger charge is 2.41. The Morgan fingerprint density at radius 1 is 1.55 bits per heavy atom. The Morgan fingerprint density at radius 2 is 2.30 bits per heavy atom. The number of aliphatic hydroxyl groups is 1. The standard InChI is InChI=1S/C15H21NO3S/c1-11(17)14-6-12(10-20-14)8-16-4-2-15(3-5-16)7-13(18)9-19-15/h6,10,13,18H,2-5,7-9H2,1H3. The number of ketones is 1.